The van der Waals surface area contributed by atoms with Crippen molar-refractivity contribution >= 4 is 56.6 Å². The van der Waals surface area contributed by atoms with E-state index in [9.17, 15) is 19.8 Å². The van der Waals surface area contributed by atoms with Crippen LogP contribution in [-0.2, 0) is 20.4 Å². The third-order valence-corrected chi connectivity index (χ3v) is 10.6. The van der Waals surface area contributed by atoms with E-state index in [2.05, 4.69) is 130 Å². The Morgan fingerprint density at radius 1 is 0.453 bits per heavy atom. The van der Waals surface area contributed by atoms with Crippen LogP contribution in [0.4, 0.5) is 17.1 Å². The van der Waals surface area contributed by atoms with Crippen molar-refractivity contribution in [3.63, 3.8) is 0 Å². The lowest BCUT2D eigenvalue weighted by atomic mass is 9.78. The van der Waals surface area contributed by atoms with Gasteiger partial charge in [0.25, 0.3) is 0 Å². The maximum absolute atomic E-state index is 12.1. The Hall–Kier alpha value is -6.46. The summed E-state index contributed by atoms with van der Waals surface area (Å²) in [5.74, 6) is -2.98. The zero-order valence-corrected chi connectivity index (χ0v) is 30.2. The van der Waals surface area contributed by atoms with Crippen LogP contribution in [0.5, 0.6) is 0 Å². The fourth-order valence-corrected chi connectivity index (χ4v) is 7.40. The molecule has 0 bridgehead atoms. The average Bonchev–Trinajstić information content (AvgIpc) is 3.18. The normalized spacial score (nSPS) is 11.7. The van der Waals surface area contributed by atoms with Gasteiger partial charge in [0.15, 0.2) is 0 Å². The molecule has 5 heteroatoms. The molecular formula is C48H41NO4. The number of aliphatic carboxylic acids is 2. The summed E-state index contributed by atoms with van der Waals surface area (Å²) in [7, 11) is 0. The summed E-state index contributed by atoms with van der Waals surface area (Å²) in [5, 5.41) is 22.9. The topological polar surface area (TPSA) is 77.8 Å². The number of carbonyl (C=O) groups is 2. The van der Waals surface area contributed by atoms with Gasteiger partial charge in [-0.2, -0.15) is 0 Å². The van der Waals surface area contributed by atoms with E-state index in [1.807, 2.05) is 60.7 Å². The molecule has 2 N–H and O–H groups in total. The predicted molar refractivity (Wildman–Crippen MR) is 217 cm³/mol. The molecule has 7 aromatic rings. The second kappa shape index (κ2) is 13.9. The first kappa shape index (κ1) is 35.0. The summed E-state index contributed by atoms with van der Waals surface area (Å²) >= 11 is 0. The number of carboxylic acids is 2. The highest BCUT2D eigenvalue weighted by Gasteiger charge is 2.27. The maximum atomic E-state index is 12.1. The molecule has 0 spiro atoms. The molecular weight excluding hydrogens is 655 g/mol. The third kappa shape index (κ3) is 6.47. The molecule has 0 aliphatic heterocycles. The molecule has 0 aromatic heterocycles. The largest absolute Gasteiger partial charge is 0.477 e. The van der Waals surface area contributed by atoms with Crippen LogP contribution in [0.1, 0.15) is 55.5 Å². The minimum atomic E-state index is -1.49. The highest BCUT2D eigenvalue weighted by Crippen LogP contribution is 2.47. The predicted octanol–water partition coefficient (Wildman–Crippen LogP) is 11.7. The molecule has 0 radical (unpaired) electrons. The third-order valence-electron chi connectivity index (χ3n) is 10.6. The number of hydrogen-bond acceptors (Lipinski definition) is 3. The van der Waals surface area contributed by atoms with Crippen molar-refractivity contribution in [2.24, 2.45) is 0 Å². The summed E-state index contributed by atoms with van der Waals surface area (Å²) in [4.78, 5) is 26.4. The van der Waals surface area contributed by atoms with E-state index in [4.69, 9.17) is 0 Å². The van der Waals surface area contributed by atoms with E-state index in [1.54, 1.807) is 0 Å². The molecule has 7 aromatic carbocycles. The molecule has 0 fully saturated rings. The van der Waals surface area contributed by atoms with Crippen molar-refractivity contribution in [1.29, 1.82) is 0 Å². The van der Waals surface area contributed by atoms with E-state index < -0.39 is 17.5 Å². The zero-order valence-electron chi connectivity index (χ0n) is 30.2. The standard InChI is InChI=1S/C48H41NO4/c1-47(2,32-15-7-5-8-16-32)34-23-27-36(28-24-34)49(37-29-25-35(26-30-37)48(3,4)33-17-9-6-10-18-33)44-40-21-13-11-19-38(40)42(31-43(45(50)51)46(52)53)39-20-12-14-22-41(39)44/h5-31H,1-4H3,(H,50,51)(H,52,53). The maximum Gasteiger partial charge on any atom is 0.343 e. The first-order valence-corrected chi connectivity index (χ1v) is 17.7. The van der Waals surface area contributed by atoms with Crippen LogP contribution in [0.15, 0.2) is 163 Å². The molecule has 0 aliphatic carbocycles. The average molecular weight is 696 g/mol. The van der Waals surface area contributed by atoms with Crippen LogP contribution < -0.4 is 4.90 Å². The Bertz CT molecular complexity index is 2310. The molecule has 262 valence electrons. The van der Waals surface area contributed by atoms with Gasteiger partial charge in [-0.15, -0.1) is 0 Å². The smallest absolute Gasteiger partial charge is 0.343 e. The van der Waals surface area contributed by atoms with E-state index in [1.165, 1.54) is 28.3 Å². The lowest BCUT2D eigenvalue weighted by Crippen LogP contribution is -2.20. The fourth-order valence-electron chi connectivity index (χ4n) is 7.40. The van der Waals surface area contributed by atoms with E-state index >= 15 is 0 Å². The van der Waals surface area contributed by atoms with E-state index in [-0.39, 0.29) is 10.8 Å². The van der Waals surface area contributed by atoms with Crippen molar-refractivity contribution in [3.05, 3.63) is 191 Å². The molecule has 0 amide bonds. The monoisotopic (exact) mass is 695 g/mol. The van der Waals surface area contributed by atoms with Gasteiger partial charge in [0.1, 0.15) is 5.57 Å². The number of carboxylic acid groups (broad SMARTS) is 2. The summed E-state index contributed by atoms with van der Waals surface area (Å²) in [6.07, 6.45) is 1.28. The van der Waals surface area contributed by atoms with Crippen LogP contribution in [0, 0.1) is 0 Å². The Morgan fingerprint density at radius 2 is 0.774 bits per heavy atom. The first-order valence-electron chi connectivity index (χ1n) is 17.7. The van der Waals surface area contributed by atoms with Gasteiger partial charge < -0.3 is 15.1 Å². The van der Waals surface area contributed by atoms with Gasteiger partial charge in [-0.25, -0.2) is 9.59 Å². The van der Waals surface area contributed by atoms with Gasteiger partial charge in [0.2, 0.25) is 0 Å². The van der Waals surface area contributed by atoms with Crippen LogP contribution >= 0.6 is 0 Å². The summed E-state index contributed by atoms with van der Waals surface area (Å²) < 4.78 is 0. The molecule has 0 saturated carbocycles. The van der Waals surface area contributed by atoms with Crippen LogP contribution in [0.3, 0.4) is 0 Å². The van der Waals surface area contributed by atoms with Gasteiger partial charge in [-0.3, -0.25) is 0 Å². The molecule has 0 heterocycles. The van der Waals surface area contributed by atoms with Gasteiger partial charge >= 0.3 is 11.9 Å². The van der Waals surface area contributed by atoms with Gasteiger partial charge in [-0.1, -0.05) is 161 Å². The molecule has 53 heavy (non-hydrogen) atoms. The van der Waals surface area contributed by atoms with Gasteiger partial charge in [0.05, 0.1) is 5.69 Å². The van der Waals surface area contributed by atoms with Crippen molar-refractivity contribution in [1.82, 2.24) is 0 Å². The van der Waals surface area contributed by atoms with Gasteiger partial charge in [-0.05, 0) is 68.9 Å². The lowest BCUT2D eigenvalue weighted by molar-refractivity contribution is -0.140. The molecule has 0 unspecified atom stereocenters. The quantitative estimate of drug-likeness (QED) is 0.0644. The molecule has 7 rings (SSSR count). The Kier molecular flexibility index (Phi) is 9.19. The highest BCUT2D eigenvalue weighted by molar-refractivity contribution is 6.23. The zero-order chi connectivity index (χ0) is 37.3. The summed E-state index contributed by atoms with van der Waals surface area (Å²) in [6, 6.07) is 54.0. The molecule has 5 nitrogen and oxygen atoms in total. The minimum Gasteiger partial charge on any atom is -0.477 e. The fraction of sp³-hybridized carbons (Fsp3) is 0.125. The number of benzene rings is 7. The number of fused-ring (bicyclic) bond motifs is 2. The molecule has 0 atom stereocenters. The van der Waals surface area contributed by atoms with E-state index in [0.717, 1.165) is 38.6 Å². The highest BCUT2D eigenvalue weighted by atomic mass is 16.4. The minimum absolute atomic E-state index is 0.228. The second-order valence-electron chi connectivity index (χ2n) is 14.4. The van der Waals surface area contributed by atoms with Crippen molar-refractivity contribution in [2.75, 3.05) is 4.90 Å². The Morgan fingerprint density at radius 3 is 1.13 bits per heavy atom. The number of anilines is 3. The Balaban J connectivity index is 1.48. The number of rotatable bonds is 10. The van der Waals surface area contributed by atoms with Crippen molar-refractivity contribution in [3.8, 4) is 0 Å². The summed E-state index contributed by atoms with van der Waals surface area (Å²) in [5.41, 5.74) is 7.00. The van der Waals surface area contributed by atoms with Crippen molar-refractivity contribution in [2.45, 2.75) is 38.5 Å². The summed E-state index contributed by atoms with van der Waals surface area (Å²) in [6.45, 7) is 8.94. The molecule has 0 aliphatic rings. The molecule has 0 saturated heterocycles. The van der Waals surface area contributed by atoms with E-state index in [0.29, 0.717) is 5.56 Å². The van der Waals surface area contributed by atoms with Crippen molar-refractivity contribution < 1.29 is 19.8 Å². The first-order chi connectivity index (χ1) is 25.5. The number of nitrogens with zero attached hydrogens (tertiary/aromatic N) is 1. The van der Waals surface area contributed by atoms with Crippen LogP contribution in [0.25, 0.3) is 27.6 Å². The number of hydrogen-bond donors (Lipinski definition) is 2. The SMILES string of the molecule is CC(C)(c1ccccc1)c1ccc(N(c2ccc(C(C)(C)c3ccccc3)cc2)c2c3ccccc3c(C=C(C(=O)O)C(=O)O)c3ccccc23)cc1. The van der Waals surface area contributed by atoms with Gasteiger partial charge in [0, 0.05) is 33.0 Å². The lowest BCUT2D eigenvalue weighted by Gasteiger charge is -2.32. The Labute approximate surface area is 310 Å². The van der Waals surface area contributed by atoms with Crippen LogP contribution in [0.2, 0.25) is 0 Å². The second-order valence-corrected chi connectivity index (χ2v) is 14.4. The van der Waals surface area contributed by atoms with Crippen LogP contribution in [-0.4, -0.2) is 22.2 Å².